The molecular formula is C30H26N4S3. The summed E-state index contributed by atoms with van der Waals surface area (Å²) in [5, 5.41) is 6.93. The van der Waals surface area contributed by atoms with Crippen LogP contribution in [-0.4, -0.2) is 16.0 Å². The summed E-state index contributed by atoms with van der Waals surface area (Å²) >= 11 is 5.55. The highest BCUT2D eigenvalue weighted by Gasteiger charge is 2.23. The monoisotopic (exact) mass is 538 g/mol. The van der Waals surface area contributed by atoms with E-state index in [1.807, 2.05) is 23.5 Å². The van der Waals surface area contributed by atoms with Gasteiger partial charge >= 0.3 is 0 Å². The van der Waals surface area contributed by atoms with Gasteiger partial charge in [0.25, 0.3) is 0 Å². The molecule has 0 saturated heterocycles. The molecule has 1 aliphatic carbocycles. The van der Waals surface area contributed by atoms with Crippen molar-refractivity contribution in [2.45, 2.75) is 57.7 Å². The van der Waals surface area contributed by atoms with Crippen LogP contribution >= 0.6 is 34.9 Å². The minimum Gasteiger partial charge on any atom is -0.368 e. The molecule has 0 unspecified atom stereocenters. The average molecular weight is 539 g/mol. The molecule has 37 heavy (non-hydrogen) atoms. The third-order valence-electron chi connectivity index (χ3n) is 7.14. The molecule has 3 aromatic carbocycles. The number of thiophene rings is 1. The first-order valence-corrected chi connectivity index (χ1v) is 15.2. The molecule has 4 nitrogen and oxygen atoms in total. The fraction of sp³-hybridized carbons (Fsp3) is 0.200. The number of hydrogen-bond donors (Lipinski definition) is 2. The Morgan fingerprint density at radius 3 is 2.46 bits per heavy atom. The van der Waals surface area contributed by atoms with Crippen molar-refractivity contribution in [1.82, 2.24) is 9.97 Å². The van der Waals surface area contributed by atoms with Crippen LogP contribution in [0.25, 0.3) is 32.5 Å². The second-order valence-corrected chi connectivity index (χ2v) is 12.6. The maximum atomic E-state index is 6.10. The van der Waals surface area contributed by atoms with E-state index in [1.54, 1.807) is 11.3 Å². The van der Waals surface area contributed by atoms with Crippen LogP contribution in [-0.2, 0) is 0 Å². The second-order valence-electron chi connectivity index (χ2n) is 9.59. The zero-order chi connectivity index (χ0) is 24.8. The summed E-state index contributed by atoms with van der Waals surface area (Å²) in [6.45, 7) is 0. The predicted octanol–water partition coefficient (Wildman–Crippen LogP) is 8.97. The fourth-order valence-corrected chi connectivity index (χ4v) is 8.74. The molecule has 1 aliphatic heterocycles. The zero-order valence-corrected chi connectivity index (χ0v) is 22.7. The van der Waals surface area contributed by atoms with Crippen molar-refractivity contribution in [1.29, 1.82) is 0 Å². The van der Waals surface area contributed by atoms with E-state index < -0.39 is 0 Å². The quantitative estimate of drug-likeness (QED) is 0.233. The molecule has 7 heteroatoms. The van der Waals surface area contributed by atoms with E-state index in [2.05, 4.69) is 87.4 Å². The van der Waals surface area contributed by atoms with Gasteiger partial charge in [-0.05, 0) is 60.2 Å². The molecule has 0 atom stereocenters. The van der Waals surface area contributed by atoms with Gasteiger partial charge < -0.3 is 11.1 Å². The smallest absolute Gasteiger partial charge is 0.222 e. The number of nitrogens with two attached hydrogens (primary N) is 1. The van der Waals surface area contributed by atoms with Crippen LogP contribution in [0.2, 0.25) is 0 Å². The molecule has 3 heterocycles. The van der Waals surface area contributed by atoms with Crippen LogP contribution in [0.1, 0.15) is 32.1 Å². The molecule has 7 rings (SSSR count). The number of nitrogens with zero attached hydrogens (tertiary/aromatic N) is 2. The van der Waals surface area contributed by atoms with Crippen molar-refractivity contribution in [3.05, 3.63) is 72.1 Å². The molecule has 3 N–H and O–H groups in total. The van der Waals surface area contributed by atoms with Crippen molar-refractivity contribution < 1.29 is 0 Å². The zero-order valence-electron chi connectivity index (χ0n) is 20.2. The highest BCUT2D eigenvalue weighted by Crippen LogP contribution is 2.53. The molecule has 2 aliphatic rings. The molecule has 184 valence electrons. The predicted molar refractivity (Wildman–Crippen MR) is 158 cm³/mol. The average Bonchev–Trinajstić information content (AvgIpc) is 3.42. The second kappa shape index (κ2) is 9.71. The van der Waals surface area contributed by atoms with E-state index in [-0.39, 0.29) is 0 Å². The molecule has 2 aromatic heterocycles. The fourth-order valence-electron chi connectivity index (χ4n) is 5.34. The Morgan fingerprint density at radius 2 is 1.59 bits per heavy atom. The molecule has 1 saturated carbocycles. The van der Waals surface area contributed by atoms with E-state index in [4.69, 9.17) is 5.73 Å². The molecule has 1 fully saturated rings. The van der Waals surface area contributed by atoms with Crippen molar-refractivity contribution >= 4 is 57.5 Å². The third-order valence-corrected chi connectivity index (χ3v) is 10.7. The normalized spacial score (nSPS) is 15.4. The Kier molecular flexibility index (Phi) is 6.07. The third kappa shape index (κ3) is 4.39. The Hall–Kier alpha value is -3.00. The van der Waals surface area contributed by atoms with Gasteiger partial charge in [0, 0.05) is 47.0 Å². The molecule has 0 bridgehead atoms. The lowest BCUT2D eigenvalue weighted by molar-refractivity contribution is 0.462. The first-order valence-electron chi connectivity index (χ1n) is 12.7. The van der Waals surface area contributed by atoms with Gasteiger partial charge in [-0.25, -0.2) is 4.98 Å². The van der Waals surface area contributed by atoms with Gasteiger partial charge in [-0.1, -0.05) is 73.1 Å². The minimum absolute atomic E-state index is 0.320. The number of fused-ring (bicyclic) bond motifs is 3. The number of aromatic nitrogens is 2. The number of nitrogen functional groups attached to an aromatic ring is 1. The summed E-state index contributed by atoms with van der Waals surface area (Å²) in [6, 6.07) is 24.5. The van der Waals surface area contributed by atoms with Gasteiger partial charge in [-0.15, -0.1) is 11.3 Å². The van der Waals surface area contributed by atoms with E-state index in [9.17, 15) is 0 Å². The maximum absolute atomic E-state index is 6.10. The van der Waals surface area contributed by atoms with Gasteiger partial charge in [0.05, 0.1) is 5.52 Å². The van der Waals surface area contributed by atoms with E-state index in [1.165, 1.54) is 73.3 Å². The van der Waals surface area contributed by atoms with Crippen LogP contribution < -0.4 is 11.1 Å². The lowest BCUT2D eigenvalue weighted by Gasteiger charge is -2.24. The molecule has 0 amide bonds. The van der Waals surface area contributed by atoms with Crippen LogP contribution in [0.4, 0.5) is 11.8 Å². The van der Waals surface area contributed by atoms with Crippen LogP contribution in [0.15, 0.2) is 91.7 Å². The molecule has 5 aromatic rings. The largest absolute Gasteiger partial charge is 0.368 e. The minimum atomic E-state index is 0.320. The van der Waals surface area contributed by atoms with Crippen molar-refractivity contribution in [2.24, 2.45) is 0 Å². The highest BCUT2D eigenvalue weighted by molar-refractivity contribution is 8.05. The van der Waals surface area contributed by atoms with Crippen molar-refractivity contribution in [3.8, 4) is 21.6 Å². The number of benzene rings is 3. The standard InChI is InChI=1S/C30H26N4S3/c31-30-33-23-14-13-18(17-22(23)29(34-30)32-19-7-2-1-3-8-19)20-15-16-35-27(20)21-9-6-12-26-28(21)37-25-11-5-4-10-24(25)36-26/h4-6,9-17,19H,1-3,7-8H2,(H3,31,32,33,34). The van der Waals surface area contributed by atoms with Gasteiger partial charge in [0.15, 0.2) is 0 Å². The summed E-state index contributed by atoms with van der Waals surface area (Å²) < 4.78 is 0. The van der Waals surface area contributed by atoms with E-state index >= 15 is 0 Å². The van der Waals surface area contributed by atoms with Crippen molar-refractivity contribution in [2.75, 3.05) is 11.1 Å². The summed E-state index contributed by atoms with van der Waals surface area (Å²) in [4.78, 5) is 15.8. The van der Waals surface area contributed by atoms with Crippen molar-refractivity contribution in [3.63, 3.8) is 0 Å². The lowest BCUT2D eigenvalue weighted by atomic mass is 9.95. The number of anilines is 2. The van der Waals surface area contributed by atoms with Crippen LogP contribution in [0, 0.1) is 0 Å². The number of rotatable bonds is 4. The Morgan fingerprint density at radius 1 is 0.784 bits per heavy atom. The summed E-state index contributed by atoms with van der Waals surface area (Å²) in [6.07, 6.45) is 6.21. The Balaban J connectivity index is 1.30. The Labute approximate surface area is 229 Å². The first kappa shape index (κ1) is 23.1. The molecule has 0 spiro atoms. The molecule has 0 radical (unpaired) electrons. The number of hydrogen-bond acceptors (Lipinski definition) is 7. The summed E-state index contributed by atoms with van der Waals surface area (Å²) in [5.41, 5.74) is 10.7. The SMILES string of the molecule is Nc1nc(NC2CCCCC2)c2cc(-c3ccsc3-c3cccc4c3Sc3ccccc3S4)ccc2n1. The van der Waals surface area contributed by atoms with Crippen LogP contribution in [0.3, 0.4) is 0 Å². The van der Waals surface area contributed by atoms with E-state index in [0.717, 1.165) is 16.7 Å². The van der Waals surface area contributed by atoms with Gasteiger partial charge in [0.1, 0.15) is 5.82 Å². The summed E-state index contributed by atoms with van der Waals surface area (Å²) in [5.74, 6) is 1.18. The van der Waals surface area contributed by atoms with Gasteiger partial charge in [0.2, 0.25) is 5.95 Å². The topological polar surface area (TPSA) is 63.8 Å². The maximum Gasteiger partial charge on any atom is 0.222 e. The Bertz CT molecular complexity index is 1620. The highest BCUT2D eigenvalue weighted by atomic mass is 32.2. The van der Waals surface area contributed by atoms with Gasteiger partial charge in [-0.3, -0.25) is 0 Å². The molecular weight excluding hydrogens is 513 g/mol. The van der Waals surface area contributed by atoms with Gasteiger partial charge in [-0.2, -0.15) is 4.98 Å². The van der Waals surface area contributed by atoms with Crippen LogP contribution in [0.5, 0.6) is 0 Å². The lowest BCUT2D eigenvalue weighted by Crippen LogP contribution is -2.23. The first-order chi connectivity index (χ1) is 18.2. The number of nitrogens with one attached hydrogen (secondary N) is 1. The van der Waals surface area contributed by atoms with E-state index in [0.29, 0.717) is 12.0 Å². The summed E-state index contributed by atoms with van der Waals surface area (Å²) in [7, 11) is 0.